The Morgan fingerprint density at radius 3 is 2.59 bits per heavy atom. The zero-order chi connectivity index (χ0) is 22.5. The first-order valence-corrected chi connectivity index (χ1v) is 12.9. The summed E-state index contributed by atoms with van der Waals surface area (Å²) in [5, 5.41) is 0. The molecule has 4 nitrogen and oxygen atoms in total. The second-order valence-electron chi connectivity index (χ2n) is 12.4. The third-order valence-electron chi connectivity index (χ3n) is 11.4. The molecule has 0 aromatic heterocycles. The zero-order valence-corrected chi connectivity index (χ0v) is 20.1. The number of ketones is 1. The molecule has 2 unspecified atom stereocenters. The summed E-state index contributed by atoms with van der Waals surface area (Å²) in [5.41, 5.74) is 2.10. The summed E-state index contributed by atoms with van der Waals surface area (Å²) in [5.74, 6) is 3.32. The lowest BCUT2D eigenvalue weighted by Gasteiger charge is -2.59. The van der Waals surface area contributed by atoms with E-state index in [4.69, 9.17) is 9.47 Å². The second kappa shape index (κ2) is 6.81. The van der Waals surface area contributed by atoms with Gasteiger partial charge in [-0.1, -0.05) is 25.5 Å². The largest absolute Gasteiger partial charge is 0.457 e. The Bertz CT molecular complexity index is 932. The fourth-order valence-corrected chi connectivity index (χ4v) is 9.36. The van der Waals surface area contributed by atoms with Crippen LogP contribution in [0.25, 0.3) is 0 Å². The topological polar surface area (TPSA) is 55.9 Å². The van der Waals surface area contributed by atoms with Crippen LogP contribution in [0.5, 0.6) is 0 Å². The highest BCUT2D eigenvalue weighted by atomic mass is 16.6. The Hall–Kier alpha value is -1.42. The van der Waals surface area contributed by atoms with Crippen LogP contribution in [0, 0.1) is 40.4 Å². The van der Waals surface area contributed by atoms with Crippen LogP contribution in [0.1, 0.15) is 79.1 Å². The number of epoxide rings is 1. The van der Waals surface area contributed by atoms with E-state index in [0.29, 0.717) is 47.4 Å². The van der Waals surface area contributed by atoms with Gasteiger partial charge in [-0.15, -0.1) is 0 Å². The van der Waals surface area contributed by atoms with Crippen molar-refractivity contribution in [3.8, 4) is 0 Å². The number of cyclic esters (lactones) is 1. The predicted octanol–water partition coefficient (Wildman–Crippen LogP) is 5.41. The van der Waals surface area contributed by atoms with Gasteiger partial charge in [0.1, 0.15) is 6.61 Å². The molecule has 2 saturated heterocycles. The highest BCUT2D eigenvalue weighted by Crippen LogP contribution is 2.70. The van der Waals surface area contributed by atoms with Crippen LogP contribution in [0.3, 0.4) is 0 Å². The van der Waals surface area contributed by atoms with Gasteiger partial charge in [0.05, 0.1) is 17.3 Å². The number of fused-ring (bicyclic) bond motifs is 5. The number of carbonyl (C=O) groups excluding carboxylic acids is 2. The molecule has 2 aliphatic heterocycles. The van der Waals surface area contributed by atoms with E-state index < -0.39 is 0 Å². The SMILES string of the molecule is CC(CC1O[C@]1(C)[C@H]1CC[C@H]2[C@@H]3CCC4CC=CC(=O)[C@]4(C)[C@H]3CC[C@@]21C)=C1COC1=O. The van der Waals surface area contributed by atoms with E-state index in [1.54, 1.807) is 0 Å². The maximum atomic E-state index is 13.1. The molecule has 3 saturated carbocycles. The van der Waals surface area contributed by atoms with Gasteiger partial charge in [-0.25, -0.2) is 4.79 Å². The normalized spacial score (nSPS) is 53.0. The van der Waals surface area contributed by atoms with Gasteiger partial charge in [0.2, 0.25) is 0 Å². The van der Waals surface area contributed by atoms with Gasteiger partial charge in [-0.2, -0.15) is 0 Å². The van der Waals surface area contributed by atoms with E-state index in [-0.39, 0.29) is 23.1 Å². The molecule has 0 spiro atoms. The van der Waals surface area contributed by atoms with Gasteiger partial charge in [0, 0.05) is 5.41 Å². The summed E-state index contributed by atoms with van der Waals surface area (Å²) in [7, 11) is 0. The molecule has 0 bridgehead atoms. The van der Waals surface area contributed by atoms with Crippen molar-refractivity contribution in [2.45, 2.75) is 90.8 Å². The molecule has 0 aromatic carbocycles. The maximum Gasteiger partial charge on any atom is 0.337 e. The van der Waals surface area contributed by atoms with Gasteiger partial charge in [-0.05, 0) is 106 Å². The molecular weight excluding hydrogens is 400 g/mol. The van der Waals surface area contributed by atoms with Crippen molar-refractivity contribution in [1.82, 2.24) is 0 Å². The molecule has 0 N–H and O–H groups in total. The first-order chi connectivity index (χ1) is 15.2. The molecule has 0 aromatic rings. The molecule has 9 atom stereocenters. The highest BCUT2D eigenvalue weighted by molar-refractivity contribution is 5.96. The summed E-state index contributed by atoms with van der Waals surface area (Å²) in [6, 6.07) is 0. The smallest absolute Gasteiger partial charge is 0.337 e. The molecule has 4 aliphatic carbocycles. The number of hydrogen-bond donors (Lipinski definition) is 0. The Kier molecular flexibility index (Phi) is 4.50. The van der Waals surface area contributed by atoms with E-state index in [9.17, 15) is 9.59 Å². The maximum absolute atomic E-state index is 13.1. The zero-order valence-electron chi connectivity index (χ0n) is 20.1. The average molecular weight is 439 g/mol. The molecule has 4 heteroatoms. The van der Waals surface area contributed by atoms with Crippen molar-refractivity contribution >= 4 is 11.8 Å². The third kappa shape index (κ3) is 2.65. The van der Waals surface area contributed by atoms with Gasteiger partial charge in [0.25, 0.3) is 0 Å². The van der Waals surface area contributed by atoms with Gasteiger partial charge < -0.3 is 9.47 Å². The molecule has 0 radical (unpaired) electrons. The third-order valence-corrected chi connectivity index (χ3v) is 11.4. The van der Waals surface area contributed by atoms with Crippen LogP contribution in [0.4, 0.5) is 0 Å². The minimum atomic E-state index is -0.146. The number of carbonyl (C=O) groups is 2. The van der Waals surface area contributed by atoms with Gasteiger partial charge in [-0.3, -0.25) is 4.79 Å². The number of hydrogen-bond acceptors (Lipinski definition) is 4. The number of allylic oxidation sites excluding steroid dienone is 2. The lowest BCUT2D eigenvalue weighted by molar-refractivity contribution is -0.148. The fourth-order valence-electron chi connectivity index (χ4n) is 9.36. The number of rotatable bonds is 3. The van der Waals surface area contributed by atoms with Crippen LogP contribution in [0.2, 0.25) is 0 Å². The van der Waals surface area contributed by atoms with E-state index in [2.05, 4.69) is 33.8 Å². The van der Waals surface area contributed by atoms with Crippen molar-refractivity contribution in [1.29, 1.82) is 0 Å². The second-order valence-corrected chi connectivity index (χ2v) is 12.4. The molecule has 6 rings (SSSR count). The summed E-state index contributed by atoms with van der Waals surface area (Å²) in [4.78, 5) is 24.8. The standard InChI is InChI=1S/C28H38O4/c1-16(19-15-31-25(19)30)14-24-28(4,32-24)22-11-10-20-18-9-8-17-6-5-7-23(29)27(17,3)21(18)12-13-26(20,22)2/h5,7,17-18,20-22,24H,6,8-15H2,1-4H3/t17?,18-,20-,21-,22-,24?,26-,27-,28+/m0/s1. The summed E-state index contributed by atoms with van der Waals surface area (Å²) in [6.45, 7) is 9.71. The van der Waals surface area contributed by atoms with E-state index in [0.717, 1.165) is 24.0 Å². The summed E-state index contributed by atoms with van der Waals surface area (Å²) in [6.07, 6.45) is 13.6. The number of esters is 1. The van der Waals surface area contributed by atoms with Crippen LogP contribution in [-0.4, -0.2) is 30.1 Å². The molecule has 32 heavy (non-hydrogen) atoms. The quantitative estimate of drug-likeness (QED) is 0.336. The van der Waals surface area contributed by atoms with Crippen molar-refractivity contribution in [2.75, 3.05) is 6.61 Å². The molecule has 6 aliphatic rings. The van der Waals surface area contributed by atoms with Crippen molar-refractivity contribution < 1.29 is 19.1 Å². The van der Waals surface area contributed by atoms with Crippen molar-refractivity contribution in [2.24, 2.45) is 40.4 Å². The fraction of sp³-hybridized carbons (Fsp3) is 0.786. The average Bonchev–Trinajstić information content (AvgIpc) is 3.22. The molecule has 0 amide bonds. The lowest BCUT2D eigenvalue weighted by Crippen LogP contribution is -2.56. The summed E-state index contributed by atoms with van der Waals surface area (Å²) < 4.78 is 11.4. The first kappa shape index (κ1) is 21.1. The molecule has 5 fully saturated rings. The number of ether oxygens (including phenoxy) is 2. The van der Waals surface area contributed by atoms with E-state index in [1.165, 1.54) is 38.5 Å². The minimum Gasteiger partial charge on any atom is -0.457 e. The van der Waals surface area contributed by atoms with Crippen molar-refractivity contribution in [3.63, 3.8) is 0 Å². The first-order valence-electron chi connectivity index (χ1n) is 12.9. The predicted molar refractivity (Wildman–Crippen MR) is 122 cm³/mol. The van der Waals surface area contributed by atoms with E-state index >= 15 is 0 Å². The Morgan fingerprint density at radius 2 is 1.88 bits per heavy atom. The summed E-state index contributed by atoms with van der Waals surface area (Å²) >= 11 is 0. The lowest BCUT2D eigenvalue weighted by atomic mass is 9.45. The Balaban J connectivity index is 1.22. The Morgan fingerprint density at radius 1 is 1.06 bits per heavy atom. The highest BCUT2D eigenvalue weighted by Gasteiger charge is 2.68. The monoisotopic (exact) mass is 438 g/mol. The van der Waals surface area contributed by atoms with E-state index in [1.807, 2.05) is 6.08 Å². The van der Waals surface area contributed by atoms with Crippen LogP contribution in [-0.2, 0) is 19.1 Å². The molecular formula is C28H38O4. The van der Waals surface area contributed by atoms with Gasteiger partial charge in [0.15, 0.2) is 5.78 Å². The van der Waals surface area contributed by atoms with Crippen LogP contribution in [0.15, 0.2) is 23.3 Å². The van der Waals surface area contributed by atoms with Crippen molar-refractivity contribution in [3.05, 3.63) is 23.3 Å². The Labute approximate surface area is 192 Å². The molecule has 174 valence electrons. The molecule has 2 heterocycles. The van der Waals surface area contributed by atoms with Gasteiger partial charge >= 0.3 is 5.97 Å². The van der Waals surface area contributed by atoms with Crippen LogP contribution < -0.4 is 0 Å². The minimum absolute atomic E-state index is 0.0731. The van der Waals surface area contributed by atoms with Crippen LogP contribution >= 0.6 is 0 Å².